The minimum absolute atomic E-state index is 0.0156. The SMILES string of the molecule is CCc1ccc(NC(=O)C[C@@H]2C(=O)N(C[C@H]3CCCO3)c3nc4ccccc4n32)cc1. The number of hydrogen-bond donors (Lipinski definition) is 1. The van der Waals surface area contributed by atoms with Gasteiger partial charge in [-0.1, -0.05) is 31.2 Å². The van der Waals surface area contributed by atoms with Gasteiger partial charge in [-0.15, -0.1) is 0 Å². The monoisotopic (exact) mass is 418 g/mol. The number of para-hydroxylation sites is 2. The summed E-state index contributed by atoms with van der Waals surface area (Å²) in [6.07, 6.45) is 2.96. The van der Waals surface area contributed by atoms with E-state index in [0.29, 0.717) is 12.5 Å². The van der Waals surface area contributed by atoms with Crippen LogP contribution in [0.5, 0.6) is 0 Å². The molecule has 1 N–H and O–H groups in total. The van der Waals surface area contributed by atoms with Crippen molar-refractivity contribution in [1.29, 1.82) is 0 Å². The molecule has 2 atom stereocenters. The largest absolute Gasteiger partial charge is 0.376 e. The molecule has 160 valence electrons. The summed E-state index contributed by atoms with van der Waals surface area (Å²) in [6, 6.07) is 14.9. The van der Waals surface area contributed by atoms with E-state index in [1.807, 2.05) is 53.1 Å². The number of ether oxygens (including phenoxy) is 1. The number of aromatic nitrogens is 2. The summed E-state index contributed by atoms with van der Waals surface area (Å²) >= 11 is 0. The van der Waals surface area contributed by atoms with Gasteiger partial charge in [0.25, 0.3) is 5.91 Å². The zero-order valence-electron chi connectivity index (χ0n) is 17.6. The molecular formula is C24H26N4O3. The minimum atomic E-state index is -0.612. The molecule has 0 saturated carbocycles. The van der Waals surface area contributed by atoms with Crippen molar-refractivity contribution in [1.82, 2.24) is 9.55 Å². The van der Waals surface area contributed by atoms with E-state index in [4.69, 9.17) is 9.72 Å². The molecule has 0 aliphatic carbocycles. The topological polar surface area (TPSA) is 76.5 Å². The number of aryl methyl sites for hydroxylation is 1. The lowest BCUT2D eigenvalue weighted by atomic mass is 10.1. The molecule has 2 amide bonds. The Balaban J connectivity index is 1.41. The molecule has 2 aliphatic rings. The maximum Gasteiger partial charge on any atom is 0.253 e. The minimum Gasteiger partial charge on any atom is -0.376 e. The third kappa shape index (κ3) is 3.70. The van der Waals surface area contributed by atoms with E-state index in [1.54, 1.807) is 4.90 Å². The molecule has 1 fully saturated rings. The molecule has 31 heavy (non-hydrogen) atoms. The fraction of sp³-hybridized carbons (Fsp3) is 0.375. The van der Waals surface area contributed by atoms with Crippen LogP contribution in [-0.2, 0) is 20.7 Å². The number of hydrogen-bond acceptors (Lipinski definition) is 4. The first-order valence-corrected chi connectivity index (χ1v) is 10.9. The first-order chi connectivity index (χ1) is 15.1. The van der Waals surface area contributed by atoms with Gasteiger partial charge in [-0.05, 0) is 49.1 Å². The molecule has 0 unspecified atom stereocenters. The second kappa shape index (κ2) is 8.15. The summed E-state index contributed by atoms with van der Waals surface area (Å²) < 4.78 is 7.67. The average Bonchev–Trinajstić information content (AvgIpc) is 3.48. The highest BCUT2D eigenvalue weighted by Crippen LogP contribution is 2.37. The predicted octanol–water partition coefficient (Wildman–Crippen LogP) is 3.69. The smallest absolute Gasteiger partial charge is 0.253 e. The Labute approximate surface area is 181 Å². The third-order valence-corrected chi connectivity index (χ3v) is 6.12. The van der Waals surface area contributed by atoms with Gasteiger partial charge in [0.15, 0.2) is 0 Å². The molecule has 2 aliphatic heterocycles. The van der Waals surface area contributed by atoms with E-state index in [2.05, 4.69) is 12.2 Å². The van der Waals surface area contributed by atoms with Gasteiger partial charge in [-0.3, -0.25) is 19.1 Å². The van der Waals surface area contributed by atoms with Crippen LogP contribution in [0.2, 0.25) is 0 Å². The van der Waals surface area contributed by atoms with Gasteiger partial charge in [0.2, 0.25) is 11.9 Å². The molecule has 1 saturated heterocycles. The highest BCUT2D eigenvalue weighted by atomic mass is 16.5. The Kier molecular flexibility index (Phi) is 5.19. The molecule has 5 rings (SSSR count). The maximum atomic E-state index is 13.4. The summed E-state index contributed by atoms with van der Waals surface area (Å²) in [5, 5.41) is 2.93. The van der Waals surface area contributed by atoms with E-state index in [1.165, 1.54) is 5.56 Å². The Morgan fingerprint density at radius 1 is 1.19 bits per heavy atom. The first kappa shape index (κ1) is 19.8. The molecule has 2 aromatic carbocycles. The van der Waals surface area contributed by atoms with Crippen molar-refractivity contribution in [2.75, 3.05) is 23.4 Å². The van der Waals surface area contributed by atoms with Crippen LogP contribution in [0.25, 0.3) is 11.0 Å². The summed E-state index contributed by atoms with van der Waals surface area (Å²) in [4.78, 5) is 32.6. The highest BCUT2D eigenvalue weighted by Gasteiger charge is 2.42. The van der Waals surface area contributed by atoms with Crippen LogP contribution in [0.3, 0.4) is 0 Å². The Morgan fingerprint density at radius 3 is 2.74 bits per heavy atom. The second-order valence-electron chi connectivity index (χ2n) is 8.17. The van der Waals surface area contributed by atoms with Gasteiger partial charge >= 0.3 is 0 Å². The van der Waals surface area contributed by atoms with E-state index in [-0.39, 0.29) is 24.3 Å². The Hall–Kier alpha value is -3.19. The van der Waals surface area contributed by atoms with Crippen LogP contribution in [-0.4, -0.2) is 40.6 Å². The number of anilines is 2. The maximum absolute atomic E-state index is 13.4. The summed E-state index contributed by atoms with van der Waals surface area (Å²) in [5.41, 5.74) is 3.64. The number of nitrogens with one attached hydrogen (secondary N) is 1. The molecule has 0 spiro atoms. The van der Waals surface area contributed by atoms with E-state index < -0.39 is 6.04 Å². The number of carbonyl (C=O) groups excluding carboxylic acids is 2. The fourth-order valence-corrected chi connectivity index (χ4v) is 4.47. The van der Waals surface area contributed by atoms with Gasteiger partial charge in [-0.2, -0.15) is 0 Å². The fourth-order valence-electron chi connectivity index (χ4n) is 4.47. The van der Waals surface area contributed by atoms with Gasteiger partial charge < -0.3 is 10.1 Å². The van der Waals surface area contributed by atoms with Crippen LogP contribution in [0.4, 0.5) is 11.6 Å². The third-order valence-electron chi connectivity index (χ3n) is 6.12. The number of imidazole rings is 1. The van der Waals surface area contributed by atoms with Crippen LogP contribution in [0, 0.1) is 0 Å². The summed E-state index contributed by atoms with van der Waals surface area (Å²) in [6.45, 7) is 3.29. The molecule has 3 aromatic rings. The number of amides is 2. The standard InChI is InChI=1S/C24H26N4O3/c1-2-16-9-11-17(12-10-16)25-22(29)14-21-23(30)27(15-18-6-5-13-31-18)24-26-19-7-3-4-8-20(19)28(21)24/h3-4,7-12,18,21H,2,5-6,13-15H2,1H3,(H,25,29)/t18-,21-/m1/s1. The van der Waals surface area contributed by atoms with Crippen molar-refractivity contribution in [3.8, 4) is 0 Å². The molecule has 3 heterocycles. The van der Waals surface area contributed by atoms with Crippen molar-refractivity contribution in [3.63, 3.8) is 0 Å². The summed E-state index contributed by atoms with van der Waals surface area (Å²) in [7, 11) is 0. The molecule has 0 radical (unpaired) electrons. The number of carbonyl (C=O) groups is 2. The van der Waals surface area contributed by atoms with Crippen LogP contribution in [0.15, 0.2) is 48.5 Å². The van der Waals surface area contributed by atoms with E-state index >= 15 is 0 Å². The van der Waals surface area contributed by atoms with Crippen LogP contribution < -0.4 is 10.2 Å². The second-order valence-corrected chi connectivity index (χ2v) is 8.17. The van der Waals surface area contributed by atoms with Crippen molar-refractivity contribution in [3.05, 3.63) is 54.1 Å². The molecule has 7 heteroatoms. The quantitative estimate of drug-likeness (QED) is 0.662. The van der Waals surface area contributed by atoms with Crippen molar-refractivity contribution in [2.24, 2.45) is 0 Å². The first-order valence-electron chi connectivity index (χ1n) is 10.9. The van der Waals surface area contributed by atoms with Gasteiger partial charge in [0, 0.05) is 12.3 Å². The Morgan fingerprint density at radius 2 is 2.00 bits per heavy atom. The summed E-state index contributed by atoms with van der Waals surface area (Å²) in [5.74, 6) is 0.317. The van der Waals surface area contributed by atoms with Crippen molar-refractivity contribution >= 4 is 34.5 Å². The van der Waals surface area contributed by atoms with Crippen LogP contribution >= 0.6 is 0 Å². The zero-order chi connectivity index (χ0) is 21.4. The number of nitrogens with zero attached hydrogens (tertiary/aromatic N) is 3. The van der Waals surface area contributed by atoms with Crippen LogP contribution in [0.1, 0.15) is 37.8 Å². The highest BCUT2D eigenvalue weighted by molar-refractivity contribution is 6.05. The van der Waals surface area contributed by atoms with Gasteiger partial charge in [-0.25, -0.2) is 4.98 Å². The van der Waals surface area contributed by atoms with Crippen molar-refractivity contribution < 1.29 is 14.3 Å². The molecule has 7 nitrogen and oxygen atoms in total. The molecule has 0 bridgehead atoms. The molecule has 1 aromatic heterocycles. The van der Waals surface area contributed by atoms with E-state index in [9.17, 15) is 9.59 Å². The average molecular weight is 418 g/mol. The predicted molar refractivity (Wildman–Crippen MR) is 119 cm³/mol. The lowest BCUT2D eigenvalue weighted by Gasteiger charge is -2.19. The number of benzene rings is 2. The zero-order valence-corrected chi connectivity index (χ0v) is 17.6. The lowest BCUT2D eigenvalue weighted by molar-refractivity contribution is -0.124. The molecular weight excluding hydrogens is 392 g/mol. The number of rotatable bonds is 6. The normalized spacial score (nSPS) is 20.4. The van der Waals surface area contributed by atoms with Gasteiger partial charge in [0.05, 0.1) is 30.1 Å². The van der Waals surface area contributed by atoms with Crippen molar-refractivity contribution in [2.45, 2.75) is 44.8 Å². The van der Waals surface area contributed by atoms with Gasteiger partial charge in [0.1, 0.15) is 6.04 Å². The Bertz CT molecular complexity index is 1120. The van der Waals surface area contributed by atoms with E-state index in [0.717, 1.165) is 42.6 Å². The number of fused-ring (bicyclic) bond motifs is 3. The lowest BCUT2D eigenvalue weighted by Crippen LogP contribution is -2.37.